The molecule has 1 amide bonds. The van der Waals surface area contributed by atoms with Gasteiger partial charge in [0, 0.05) is 22.7 Å². The van der Waals surface area contributed by atoms with E-state index in [2.05, 4.69) is 15.5 Å². The second-order valence-corrected chi connectivity index (χ2v) is 10.5. The van der Waals surface area contributed by atoms with Gasteiger partial charge in [0.25, 0.3) is 16.0 Å². The molecule has 40 heavy (non-hydrogen) atoms. The molecule has 0 aromatic heterocycles. The van der Waals surface area contributed by atoms with Crippen molar-refractivity contribution in [3.63, 3.8) is 0 Å². The molecule has 0 aliphatic rings. The first kappa shape index (κ1) is 31.8. The van der Waals surface area contributed by atoms with Gasteiger partial charge in [-0.3, -0.25) is 9.35 Å². The van der Waals surface area contributed by atoms with Crippen molar-refractivity contribution < 1.29 is 57.2 Å². The average molecular weight is 610 g/mol. The second-order valence-electron chi connectivity index (χ2n) is 8.30. The molecule has 0 atom stereocenters. The number of anilines is 1. The zero-order chi connectivity index (χ0) is 28.3. The van der Waals surface area contributed by atoms with Gasteiger partial charge in [0.05, 0.1) is 27.2 Å². The van der Waals surface area contributed by atoms with E-state index in [0.717, 1.165) is 6.07 Å². The quantitative estimate of drug-likeness (QED) is 0.175. The molecule has 4 aromatic carbocycles. The van der Waals surface area contributed by atoms with E-state index >= 15 is 0 Å². The Morgan fingerprint density at radius 3 is 2.42 bits per heavy atom. The van der Waals surface area contributed by atoms with Gasteiger partial charge in [-0.1, -0.05) is 60.1 Å². The van der Waals surface area contributed by atoms with Crippen molar-refractivity contribution >= 4 is 67.1 Å². The van der Waals surface area contributed by atoms with Gasteiger partial charge in [-0.15, -0.1) is 5.11 Å². The number of aryl methyl sites for hydroxylation is 1. The van der Waals surface area contributed by atoms with Gasteiger partial charge in [0.1, 0.15) is 11.4 Å². The maximum atomic E-state index is 13.4. The van der Waals surface area contributed by atoms with Crippen LogP contribution in [0.5, 0.6) is 11.5 Å². The Bertz CT molecular complexity index is 1730. The van der Waals surface area contributed by atoms with Crippen LogP contribution >= 0.6 is 23.2 Å². The van der Waals surface area contributed by atoms with Crippen molar-refractivity contribution in [1.82, 2.24) is 0 Å². The summed E-state index contributed by atoms with van der Waals surface area (Å²) in [6.07, 6.45) is 0.290. The van der Waals surface area contributed by atoms with Gasteiger partial charge in [-0.05, 0) is 54.6 Å². The zero-order valence-electron chi connectivity index (χ0n) is 21.7. The van der Waals surface area contributed by atoms with Crippen LogP contribution in [0.2, 0.25) is 10.0 Å². The number of fused-ring (bicyclic) bond motifs is 1. The van der Waals surface area contributed by atoms with Crippen LogP contribution in [0.15, 0.2) is 75.8 Å². The standard InChI is InChI=1S/C27H23Cl2N3O6S.Na/c1-3-15-12-21(29)22(14-24(15)39(35,36)37)31-32-25-18-8-6-5-7-16(18)11-19(26(25)33)27(34)30-17-9-10-20(28)23(13-17)38-4-2;/h5-14,33H,3-4H2,1-2H3,(H,30,34)(H,35,36,37);/q;+1/p-1. The second kappa shape index (κ2) is 13.3. The molecule has 0 radical (unpaired) electrons. The van der Waals surface area contributed by atoms with Gasteiger partial charge >= 0.3 is 29.6 Å². The summed E-state index contributed by atoms with van der Waals surface area (Å²) in [5.74, 6) is -1.02. The van der Waals surface area contributed by atoms with Gasteiger partial charge in [0.15, 0.2) is 0 Å². The molecule has 0 fully saturated rings. The molecular weight excluding hydrogens is 588 g/mol. The Labute approximate surface area is 263 Å². The fourth-order valence-corrected chi connectivity index (χ4v) is 5.10. The number of nitrogens with zero attached hydrogens (tertiary/aromatic N) is 2. The van der Waals surface area contributed by atoms with E-state index in [4.69, 9.17) is 27.9 Å². The molecule has 0 saturated heterocycles. The maximum Gasteiger partial charge on any atom is 1.00 e. The van der Waals surface area contributed by atoms with Crippen molar-refractivity contribution in [2.75, 3.05) is 11.9 Å². The van der Waals surface area contributed by atoms with Crippen LogP contribution in [0.3, 0.4) is 0 Å². The third-order valence-corrected chi connectivity index (χ3v) is 7.31. The molecule has 0 aliphatic carbocycles. The van der Waals surface area contributed by atoms with Crippen LogP contribution in [0.25, 0.3) is 10.8 Å². The zero-order valence-corrected chi connectivity index (χ0v) is 26.1. The van der Waals surface area contributed by atoms with E-state index in [1.54, 1.807) is 56.3 Å². The van der Waals surface area contributed by atoms with Gasteiger partial charge in [-0.2, -0.15) is 13.5 Å². The third-order valence-electron chi connectivity index (χ3n) is 5.76. The Balaban J connectivity index is 0.00000441. The molecule has 202 valence electrons. The SMILES string of the molecule is CCOc1cc(NC(=O)c2cc3ccccc3c(N=Nc3cc(S(=O)(=O)O)c(CC)cc3Cl)c2[O-])ccc1Cl.[Na+]. The number of benzene rings is 4. The molecule has 0 unspecified atom stereocenters. The first-order valence-corrected chi connectivity index (χ1v) is 13.9. The number of nitrogens with one attached hydrogen (secondary N) is 1. The van der Waals surface area contributed by atoms with Crippen molar-refractivity contribution in [2.45, 2.75) is 25.2 Å². The number of rotatable bonds is 8. The number of hydrogen-bond acceptors (Lipinski definition) is 7. The molecule has 13 heteroatoms. The summed E-state index contributed by atoms with van der Waals surface area (Å²) in [4.78, 5) is 12.8. The molecule has 0 spiro atoms. The number of carbonyl (C=O) groups is 1. The summed E-state index contributed by atoms with van der Waals surface area (Å²) >= 11 is 12.4. The number of halogens is 2. The van der Waals surface area contributed by atoms with Crippen molar-refractivity contribution in [3.8, 4) is 11.5 Å². The van der Waals surface area contributed by atoms with E-state index in [-0.39, 0.29) is 56.4 Å². The third kappa shape index (κ3) is 6.95. The van der Waals surface area contributed by atoms with Gasteiger partial charge in [-0.25, -0.2) is 0 Å². The molecule has 0 aliphatic heterocycles. The Morgan fingerprint density at radius 2 is 1.75 bits per heavy atom. The van der Waals surface area contributed by atoms with Crippen LogP contribution in [0, 0.1) is 0 Å². The minimum Gasteiger partial charge on any atom is -0.870 e. The molecule has 2 N–H and O–H groups in total. The molecule has 0 saturated carbocycles. The minimum atomic E-state index is -4.56. The number of ether oxygens (including phenoxy) is 1. The summed E-state index contributed by atoms with van der Waals surface area (Å²) in [5.41, 5.74) is 0.244. The van der Waals surface area contributed by atoms with Gasteiger partial charge in [0.2, 0.25) is 0 Å². The van der Waals surface area contributed by atoms with E-state index in [1.807, 2.05) is 0 Å². The van der Waals surface area contributed by atoms with E-state index < -0.39 is 21.8 Å². The van der Waals surface area contributed by atoms with Crippen molar-refractivity contribution in [3.05, 3.63) is 81.8 Å². The maximum absolute atomic E-state index is 13.4. The summed E-state index contributed by atoms with van der Waals surface area (Å²) in [5, 5.41) is 25.6. The Morgan fingerprint density at radius 1 is 1.02 bits per heavy atom. The fraction of sp³-hybridized carbons (Fsp3) is 0.148. The Hall–Kier alpha value is -2.70. The van der Waals surface area contributed by atoms with E-state index in [0.29, 0.717) is 45.8 Å². The molecule has 4 rings (SSSR count). The molecular formula is C27H22Cl2N3NaO6S. The largest absolute Gasteiger partial charge is 1.00 e. The molecule has 0 heterocycles. The molecule has 0 bridgehead atoms. The van der Waals surface area contributed by atoms with Crippen LogP contribution in [-0.2, 0) is 16.5 Å². The first-order chi connectivity index (χ1) is 18.5. The predicted octanol–water partition coefficient (Wildman–Crippen LogP) is 4.10. The minimum absolute atomic E-state index is 0. The summed E-state index contributed by atoms with van der Waals surface area (Å²) in [6.45, 7) is 3.87. The molecule has 4 aromatic rings. The predicted molar refractivity (Wildman–Crippen MR) is 149 cm³/mol. The van der Waals surface area contributed by atoms with Crippen LogP contribution in [-0.4, -0.2) is 25.5 Å². The van der Waals surface area contributed by atoms with Crippen LogP contribution in [0.4, 0.5) is 17.1 Å². The normalized spacial score (nSPS) is 11.4. The van der Waals surface area contributed by atoms with Crippen LogP contribution < -0.4 is 44.7 Å². The smallest absolute Gasteiger partial charge is 0.870 e. The van der Waals surface area contributed by atoms with Crippen LogP contribution in [0.1, 0.15) is 29.8 Å². The number of hydrogen-bond donors (Lipinski definition) is 2. The van der Waals surface area contributed by atoms with Gasteiger partial charge < -0.3 is 15.2 Å². The Kier molecular flexibility index (Phi) is 10.6. The monoisotopic (exact) mass is 609 g/mol. The van der Waals surface area contributed by atoms with Crippen molar-refractivity contribution in [2.24, 2.45) is 10.2 Å². The summed E-state index contributed by atoms with van der Waals surface area (Å²) in [7, 11) is -4.56. The van der Waals surface area contributed by atoms with Crippen molar-refractivity contribution in [1.29, 1.82) is 0 Å². The van der Waals surface area contributed by atoms with E-state index in [1.165, 1.54) is 12.1 Å². The number of carbonyl (C=O) groups excluding carboxylic acids is 1. The number of azo groups is 1. The van der Waals surface area contributed by atoms with E-state index in [9.17, 15) is 22.9 Å². The molecule has 9 nitrogen and oxygen atoms in total. The topological polar surface area (TPSA) is 140 Å². The summed E-state index contributed by atoms with van der Waals surface area (Å²) in [6, 6.07) is 15.4. The summed E-state index contributed by atoms with van der Waals surface area (Å²) < 4.78 is 38.8. The first-order valence-electron chi connectivity index (χ1n) is 11.7. The average Bonchev–Trinajstić information content (AvgIpc) is 2.89. The fourth-order valence-electron chi connectivity index (χ4n) is 3.90. The number of amides is 1.